The van der Waals surface area contributed by atoms with Crippen molar-refractivity contribution in [2.24, 2.45) is 0 Å². The molecule has 0 fully saturated rings. The molecule has 2 nitrogen and oxygen atoms in total. The van der Waals surface area contributed by atoms with Gasteiger partial charge in [-0.25, -0.2) is 13.6 Å². The van der Waals surface area contributed by atoms with Crippen LogP contribution in [0.4, 0.5) is 8.78 Å². The number of carbonyl (C=O) groups is 1. The van der Waals surface area contributed by atoms with Gasteiger partial charge in [-0.15, -0.1) is 0 Å². The van der Waals surface area contributed by atoms with Crippen LogP contribution < -0.4 is 0 Å². The van der Waals surface area contributed by atoms with Gasteiger partial charge in [0.25, 0.3) is 6.43 Å². The highest BCUT2D eigenvalue weighted by Gasteiger charge is 2.09. The molecule has 0 saturated heterocycles. The molecule has 1 N–H and O–H groups in total. The van der Waals surface area contributed by atoms with E-state index in [9.17, 15) is 13.6 Å². The van der Waals surface area contributed by atoms with E-state index in [1.807, 2.05) is 0 Å². The van der Waals surface area contributed by atoms with Crippen molar-refractivity contribution in [1.82, 2.24) is 0 Å². The molecule has 0 unspecified atom stereocenters. The molecule has 0 aliphatic heterocycles. The van der Waals surface area contributed by atoms with Crippen LogP contribution in [0.15, 0.2) is 30.3 Å². The van der Waals surface area contributed by atoms with Gasteiger partial charge in [-0.05, 0) is 11.6 Å². The number of alkyl halides is 2. The van der Waals surface area contributed by atoms with Gasteiger partial charge in [0.15, 0.2) is 0 Å². The lowest BCUT2D eigenvalue weighted by atomic mass is 10.1. The number of hydrogen-bond donors (Lipinski definition) is 1. The van der Waals surface area contributed by atoms with E-state index in [-0.39, 0.29) is 11.1 Å². The Morgan fingerprint density at radius 3 is 2.57 bits per heavy atom. The van der Waals surface area contributed by atoms with Gasteiger partial charge in [0, 0.05) is 11.6 Å². The third-order valence-corrected chi connectivity index (χ3v) is 1.64. The predicted molar refractivity (Wildman–Crippen MR) is 48.1 cm³/mol. The van der Waals surface area contributed by atoms with Gasteiger partial charge in [-0.1, -0.05) is 24.3 Å². The summed E-state index contributed by atoms with van der Waals surface area (Å²) in [7, 11) is 0. The average Bonchev–Trinajstić information content (AvgIpc) is 2.15. The van der Waals surface area contributed by atoms with E-state index >= 15 is 0 Å². The second-order valence-electron chi connectivity index (χ2n) is 2.60. The molecule has 14 heavy (non-hydrogen) atoms. The highest BCUT2D eigenvalue weighted by atomic mass is 19.3. The molecule has 0 bridgehead atoms. The van der Waals surface area contributed by atoms with Crippen LogP contribution in [0.25, 0.3) is 6.08 Å². The number of rotatable bonds is 3. The lowest BCUT2D eigenvalue weighted by Gasteiger charge is -2.02. The second kappa shape index (κ2) is 4.50. The average molecular weight is 198 g/mol. The van der Waals surface area contributed by atoms with Gasteiger partial charge in [-0.2, -0.15) is 0 Å². The summed E-state index contributed by atoms with van der Waals surface area (Å²) in [5.74, 6) is -1.16. The summed E-state index contributed by atoms with van der Waals surface area (Å²) in [6.07, 6.45) is -0.602. The van der Waals surface area contributed by atoms with E-state index in [2.05, 4.69) is 0 Å². The lowest BCUT2D eigenvalue weighted by molar-refractivity contribution is -0.131. The van der Waals surface area contributed by atoms with E-state index in [4.69, 9.17) is 5.11 Å². The molecule has 1 aromatic carbocycles. The molecule has 0 radical (unpaired) electrons. The van der Waals surface area contributed by atoms with Gasteiger partial charge < -0.3 is 5.11 Å². The van der Waals surface area contributed by atoms with Gasteiger partial charge >= 0.3 is 5.97 Å². The molecule has 0 amide bonds. The highest BCUT2D eigenvalue weighted by molar-refractivity contribution is 5.85. The fraction of sp³-hybridized carbons (Fsp3) is 0.100. The van der Waals surface area contributed by atoms with Crippen molar-refractivity contribution in [2.45, 2.75) is 6.43 Å². The molecule has 1 rings (SSSR count). The summed E-state index contributed by atoms with van der Waals surface area (Å²) in [5, 5.41) is 8.33. The molecule has 0 heterocycles. The molecule has 0 atom stereocenters. The molecular weight excluding hydrogens is 190 g/mol. The number of carboxylic acid groups (broad SMARTS) is 1. The van der Waals surface area contributed by atoms with Crippen molar-refractivity contribution in [1.29, 1.82) is 0 Å². The SMILES string of the molecule is O=C(O)C=Cc1ccccc1C(F)F. The van der Waals surface area contributed by atoms with Crippen molar-refractivity contribution in [3.8, 4) is 0 Å². The smallest absolute Gasteiger partial charge is 0.328 e. The fourth-order valence-corrected chi connectivity index (χ4v) is 1.02. The molecule has 74 valence electrons. The van der Waals surface area contributed by atoms with Crippen molar-refractivity contribution in [2.75, 3.05) is 0 Å². The standard InChI is InChI=1S/C10H8F2O2/c11-10(12)8-4-2-1-3-7(8)5-6-9(13)14/h1-6,10H,(H,13,14). The maximum atomic E-state index is 12.4. The first-order chi connectivity index (χ1) is 6.61. The molecule has 0 saturated carbocycles. The quantitative estimate of drug-likeness (QED) is 0.758. The Balaban J connectivity index is 3.01. The van der Waals surface area contributed by atoms with Crippen LogP contribution in [0.1, 0.15) is 17.6 Å². The summed E-state index contributed by atoms with van der Waals surface area (Å²) < 4.78 is 24.7. The topological polar surface area (TPSA) is 37.3 Å². The van der Waals surface area contributed by atoms with E-state index in [1.54, 1.807) is 6.07 Å². The summed E-state index contributed by atoms with van der Waals surface area (Å²) in [4.78, 5) is 10.2. The summed E-state index contributed by atoms with van der Waals surface area (Å²) in [5.41, 5.74) is 0.0647. The minimum absolute atomic E-state index is 0.162. The van der Waals surface area contributed by atoms with E-state index in [0.717, 1.165) is 12.2 Å². The van der Waals surface area contributed by atoms with Crippen molar-refractivity contribution < 1.29 is 18.7 Å². The number of benzene rings is 1. The van der Waals surface area contributed by atoms with Crippen LogP contribution in [-0.4, -0.2) is 11.1 Å². The van der Waals surface area contributed by atoms with Crippen LogP contribution in [-0.2, 0) is 4.79 Å². The number of carboxylic acids is 1. The zero-order chi connectivity index (χ0) is 10.6. The van der Waals surface area contributed by atoms with Crippen LogP contribution in [0, 0.1) is 0 Å². The molecule has 1 aromatic rings. The molecule has 0 spiro atoms. The van der Waals surface area contributed by atoms with Crippen LogP contribution in [0.5, 0.6) is 0 Å². The van der Waals surface area contributed by atoms with Gasteiger partial charge in [0.1, 0.15) is 0 Å². The Labute approximate surface area is 79.5 Å². The number of hydrogen-bond acceptors (Lipinski definition) is 1. The Morgan fingerprint density at radius 2 is 2.00 bits per heavy atom. The zero-order valence-corrected chi connectivity index (χ0v) is 7.15. The Hall–Kier alpha value is -1.71. The third kappa shape index (κ3) is 2.65. The number of halogens is 2. The van der Waals surface area contributed by atoms with Gasteiger partial charge in [-0.3, -0.25) is 0 Å². The van der Waals surface area contributed by atoms with Crippen LogP contribution >= 0.6 is 0 Å². The van der Waals surface area contributed by atoms with E-state index in [1.165, 1.54) is 18.2 Å². The molecule has 0 aromatic heterocycles. The van der Waals surface area contributed by atoms with E-state index < -0.39 is 12.4 Å². The van der Waals surface area contributed by atoms with Crippen molar-refractivity contribution in [3.05, 3.63) is 41.5 Å². The normalized spacial score (nSPS) is 11.1. The van der Waals surface area contributed by atoms with Gasteiger partial charge in [0.05, 0.1) is 0 Å². The summed E-state index contributed by atoms with van der Waals surface area (Å²) >= 11 is 0. The lowest BCUT2D eigenvalue weighted by Crippen LogP contribution is -1.90. The second-order valence-corrected chi connectivity index (χ2v) is 2.60. The first kappa shape index (κ1) is 10.4. The summed E-state index contributed by atoms with van der Waals surface area (Å²) in [6, 6.07) is 5.78. The fourth-order valence-electron chi connectivity index (χ4n) is 1.02. The first-order valence-electron chi connectivity index (χ1n) is 3.89. The predicted octanol–water partition coefficient (Wildman–Crippen LogP) is 2.72. The maximum Gasteiger partial charge on any atom is 0.328 e. The zero-order valence-electron chi connectivity index (χ0n) is 7.15. The van der Waals surface area contributed by atoms with Crippen LogP contribution in [0.2, 0.25) is 0 Å². The van der Waals surface area contributed by atoms with E-state index in [0.29, 0.717) is 0 Å². The highest BCUT2D eigenvalue weighted by Crippen LogP contribution is 2.23. The number of aliphatic carboxylic acids is 1. The van der Waals surface area contributed by atoms with Crippen molar-refractivity contribution >= 4 is 12.0 Å². The minimum atomic E-state index is -2.59. The largest absolute Gasteiger partial charge is 0.478 e. The van der Waals surface area contributed by atoms with Crippen molar-refractivity contribution in [3.63, 3.8) is 0 Å². The molecular formula is C10H8F2O2. The molecule has 4 heteroatoms. The van der Waals surface area contributed by atoms with Crippen LogP contribution in [0.3, 0.4) is 0 Å². The molecule has 0 aliphatic rings. The van der Waals surface area contributed by atoms with Gasteiger partial charge in [0.2, 0.25) is 0 Å². The summed E-state index contributed by atoms with van der Waals surface area (Å²) in [6.45, 7) is 0. The maximum absolute atomic E-state index is 12.4. The first-order valence-corrected chi connectivity index (χ1v) is 3.89. The minimum Gasteiger partial charge on any atom is -0.478 e. The third-order valence-electron chi connectivity index (χ3n) is 1.64. The Morgan fingerprint density at radius 1 is 1.36 bits per heavy atom. The molecule has 0 aliphatic carbocycles. The Bertz CT molecular complexity index is 359. The monoisotopic (exact) mass is 198 g/mol. The Kier molecular flexibility index (Phi) is 3.34.